The van der Waals surface area contributed by atoms with E-state index in [9.17, 15) is 9.59 Å². The van der Waals surface area contributed by atoms with Crippen LogP contribution in [0.25, 0.3) is 0 Å². The van der Waals surface area contributed by atoms with Crippen molar-refractivity contribution < 1.29 is 14.3 Å². The highest BCUT2D eigenvalue weighted by molar-refractivity contribution is 5.94. The molecule has 0 aliphatic rings. The predicted octanol–water partition coefficient (Wildman–Crippen LogP) is 0.506. The first kappa shape index (κ1) is 15.1. The Morgan fingerprint density at radius 2 is 1.95 bits per heavy atom. The number of hydrogen-bond donors (Lipinski definition) is 3. The van der Waals surface area contributed by atoms with Gasteiger partial charge in [0.2, 0.25) is 5.91 Å². The lowest BCUT2D eigenvalue weighted by atomic mass is 10.1. The largest absolute Gasteiger partial charge is 0.444 e. The van der Waals surface area contributed by atoms with Crippen LogP contribution in [0, 0.1) is 0 Å². The Kier molecular flexibility index (Phi) is 6.56. The molecule has 1 aromatic rings. The van der Waals surface area contributed by atoms with Crippen LogP contribution < -0.4 is 16.8 Å². The van der Waals surface area contributed by atoms with Crippen molar-refractivity contribution in [3.63, 3.8) is 0 Å². The molecule has 0 radical (unpaired) electrons. The fourth-order valence-corrected chi connectivity index (χ4v) is 1.42. The SMILES string of the molecule is NCCCC(N)C(=O)NC(=O)OCc1ccccc1. The fourth-order valence-electron chi connectivity index (χ4n) is 1.42. The highest BCUT2D eigenvalue weighted by Gasteiger charge is 2.16. The quantitative estimate of drug-likeness (QED) is 0.694. The van der Waals surface area contributed by atoms with E-state index in [0.717, 1.165) is 5.56 Å². The van der Waals surface area contributed by atoms with Crippen molar-refractivity contribution in [3.05, 3.63) is 35.9 Å². The monoisotopic (exact) mass is 265 g/mol. The van der Waals surface area contributed by atoms with Gasteiger partial charge < -0.3 is 16.2 Å². The van der Waals surface area contributed by atoms with Gasteiger partial charge in [0.15, 0.2) is 0 Å². The van der Waals surface area contributed by atoms with Crippen LogP contribution in [0.2, 0.25) is 0 Å². The number of alkyl carbamates (subject to hydrolysis) is 1. The Hall–Kier alpha value is -1.92. The van der Waals surface area contributed by atoms with Crippen LogP contribution >= 0.6 is 0 Å². The number of rotatable bonds is 6. The van der Waals surface area contributed by atoms with Crippen molar-refractivity contribution in [3.8, 4) is 0 Å². The van der Waals surface area contributed by atoms with Gasteiger partial charge in [-0.05, 0) is 24.9 Å². The standard InChI is InChI=1S/C13H19N3O3/c14-8-4-7-11(15)12(17)16-13(18)19-9-10-5-2-1-3-6-10/h1-3,5-6,11H,4,7-9,14-15H2,(H,16,17,18). The topological polar surface area (TPSA) is 107 Å². The van der Waals surface area contributed by atoms with Gasteiger partial charge in [-0.3, -0.25) is 10.1 Å². The van der Waals surface area contributed by atoms with E-state index in [2.05, 4.69) is 5.32 Å². The molecular weight excluding hydrogens is 246 g/mol. The number of benzene rings is 1. The van der Waals surface area contributed by atoms with Crippen LogP contribution in [-0.4, -0.2) is 24.6 Å². The lowest BCUT2D eigenvalue weighted by Gasteiger charge is -2.11. The Bertz CT molecular complexity index is 409. The Morgan fingerprint density at radius 3 is 2.58 bits per heavy atom. The summed E-state index contributed by atoms with van der Waals surface area (Å²) in [7, 11) is 0. The molecule has 0 spiro atoms. The Labute approximate surface area is 112 Å². The van der Waals surface area contributed by atoms with Gasteiger partial charge >= 0.3 is 6.09 Å². The lowest BCUT2D eigenvalue weighted by Crippen LogP contribution is -2.43. The zero-order valence-electron chi connectivity index (χ0n) is 10.7. The minimum Gasteiger partial charge on any atom is -0.444 e. The average molecular weight is 265 g/mol. The van der Waals surface area contributed by atoms with Crippen LogP contribution in [0.4, 0.5) is 4.79 Å². The van der Waals surface area contributed by atoms with Crippen LogP contribution in [0.3, 0.4) is 0 Å². The van der Waals surface area contributed by atoms with Gasteiger partial charge in [-0.2, -0.15) is 0 Å². The van der Waals surface area contributed by atoms with E-state index in [4.69, 9.17) is 16.2 Å². The van der Waals surface area contributed by atoms with E-state index < -0.39 is 18.0 Å². The summed E-state index contributed by atoms with van der Waals surface area (Å²) in [5.74, 6) is -0.550. The molecule has 1 aromatic carbocycles. The van der Waals surface area contributed by atoms with Gasteiger partial charge in [-0.1, -0.05) is 30.3 Å². The molecule has 1 atom stereocenters. The lowest BCUT2D eigenvalue weighted by molar-refractivity contribution is -0.121. The summed E-state index contributed by atoms with van der Waals surface area (Å²) < 4.78 is 4.90. The van der Waals surface area contributed by atoms with Crippen LogP contribution in [0.5, 0.6) is 0 Å². The summed E-state index contributed by atoms with van der Waals surface area (Å²) in [6, 6.07) is 8.44. The van der Waals surface area contributed by atoms with E-state index in [0.29, 0.717) is 19.4 Å². The third-order valence-electron chi connectivity index (χ3n) is 2.49. The third kappa shape index (κ3) is 5.98. The van der Waals surface area contributed by atoms with Crippen LogP contribution in [-0.2, 0) is 16.1 Å². The number of nitrogens with one attached hydrogen (secondary N) is 1. The maximum absolute atomic E-state index is 11.5. The van der Waals surface area contributed by atoms with Gasteiger partial charge in [-0.15, -0.1) is 0 Å². The minimum atomic E-state index is -0.794. The zero-order valence-corrected chi connectivity index (χ0v) is 10.7. The van der Waals surface area contributed by atoms with Gasteiger partial charge in [0.25, 0.3) is 0 Å². The molecular formula is C13H19N3O3. The summed E-state index contributed by atoms with van der Waals surface area (Å²) in [6.07, 6.45) is 0.277. The zero-order chi connectivity index (χ0) is 14.1. The van der Waals surface area contributed by atoms with Gasteiger partial charge in [-0.25, -0.2) is 4.79 Å². The predicted molar refractivity (Wildman–Crippen MR) is 71.0 cm³/mol. The second kappa shape index (κ2) is 8.23. The molecule has 0 aromatic heterocycles. The summed E-state index contributed by atoms with van der Waals surface area (Å²) in [4.78, 5) is 22.9. The molecule has 5 N–H and O–H groups in total. The number of ether oxygens (including phenoxy) is 1. The molecule has 19 heavy (non-hydrogen) atoms. The summed E-state index contributed by atoms with van der Waals surface area (Å²) in [5.41, 5.74) is 11.7. The summed E-state index contributed by atoms with van der Waals surface area (Å²) in [5, 5.41) is 2.09. The van der Waals surface area contributed by atoms with Crippen LogP contribution in [0.15, 0.2) is 30.3 Å². The molecule has 1 unspecified atom stereocenters. The highest BCUT2D eigenvalue weighted by Crippen LogP contribution is 2.00. The first-order valence-corrected chi connectivity index (χ1v) is 6.10. The van der Waals surface area contributed by atoms with E-state index in [1.807, 2.05) is 30.3 Å². The summed E-state index contributed by atoms with van der Waals surface area (Å²) in [6.45, 7) is 0.567. The van der Waals surface area contributed by atoms with Gasteiger partial charge in [0.1, 0.15) is 6.61 Å². The molecule has 0 aliphatic heterocycles. The fraction of sp³-hybridized carbons (Fsp3) is 0.385. The number of nitrogens with two attached hydrogens (primary N) is 2. The first-order valence-electron chi connectivity index (χ1n) is 6.10. The van der Waals surface area contributed by atoms with Crippen molar-refractivity contribution in [2.45, 2.75) is 25.5 Å². The van der Waals surface area contributed by atoms with Crippen LogP contribution in [0.1, 0.15) is 18.4 Å². The molecule has 2 amide bonds. The van der Waals surface area contributed by atoms with Gasteiger partial charge in [0, 0.05) is 0 Å². The van der Waals surface area contributed by atoms with Crippen molar-refractivity contribution in [1.82, 2.24) is 5.32 Å². The first-order chi connectivity index (χ1) is 9.13. The minimum absolute atomic E-state index is 0.109. The number of amides is 2. The molecule has 0 heterocycles. The normalized spacial score (nSPS) is 11.7. The molecule has 104 valence electrons. The Morgan fingerprint density at radius 1 is 1.26 bits per heavy atom. The van der Waals surface area contributed by atoms with E-state index in [1.54, 1.807) is 0 Å². The molecule has 1 rings (SSSR count). The molecule has 0 aliphatic carbocycles. The van der Waals surface area contributed by atoms with Crippen molar-refractivity contribution in [2.75, 3.05) is 6.54 Å². The number of carbonyl (C=O) groups is 2. The highest BCUT2D eigenvalue weighted by atomic mass is 16.5. The van der Waals surface area contributed by atoms with E-state index in [-0.39, 0.29) is 6.61 Å². The molecule has 0 fully saturated rings. The number of carbonyl (C=O) groups excluding carboxylic acids is 2. The molecule has 0 saturated carbocycles. The molecule has 6 nitrogen and oxygen atoms in total. The molecule has 0 bridgehead atoms. The average Bonchev–Trinajstić information content (AvgIpc) is 2.43. The molecule has 6 heteroatoms. The van der Waals surface area contributed by atoms with Crippen molar-refractivity contribution in [2.24, 2.45) is 11.5 Å². The van der Waals surface area contributed by atoms with E-state index >= 15 is 0 Å². The maximum atomic E-state index is 11.5. The van der Waals surface area contributed by atoms with Crippen molar-refractivity contribution in [1.29, 1.82) is 0 Å². The Balaban J connectivity index is 2.29. The summed E-state index contributed by atoms with van der Waals surface area (Å²) >= 11 is 0. The van der Waals surface area contributed by atoms with Gasteiger partial charge in [0.05, 0.1) is 6.04 Å². The second-order valence-corrected chi connectivity index (χ2v) is 4.09. The third-order valence-corrected chi connectivity index (χ3v) is 2.49. The number of hydrogen-bond acceptors (Lipinski definition) is 5. The number of imide groups is 1. The maximum Gasteiger partial charge on any atom is 0.414 e. The molecule has 0 saturated heterocycles. The second-order valence-electron chi connectivity index (χ2n) is 4.09. The smallest absolute Gasteiger partial charge is 0.414 e. The van der Waals surface area contributed by atoms with E-state index in [1.165, 1.54) is 0 Å². The van der Waals surface area contributed by atoms with Crippen molar-refractivity contribution >= 4 is 12.0 Å².